The first-order valence-electron chi connectivity index (χ1n) is 12.3. The SMILES string of the molecule is Cc1cccc(CN2CCC(NC(=O)C3Cc4ccccc4CN3C(=O)CC(C)C)CC2)c1. The van der Waals surface area contributed by atoms with Gasteiger partial charge in [0.1, 0.15) is 6.04 Å². The monoisotopic (exact) mass is 447 g/mol. The molecule has 1 saturated heterocycles. The lowest BCUT2D eigenvalue weighted by molar-refractivity contribution is -0.142. The van der Waals surface area contributed by atoms with E-state index in [-0.39, 0.29) is 23.8 Å². The predicted octanol–water partition coefficient (Wildman–Crippen LogP) is 4.08. The Bertz CT molecular complexity index is 979. The Balaban J connectivity index is 1.36. The average molecular weight is 448 g/mol. The second-order valence-corrected chi connectivity index (χ2v) is 10.2. The van der Waals surface area contributed by atoms with Gasteiger partial charge in [0, 0.05) is 45.1 Å². The van der Waals surface area contributed by atoms with Crippen molar-refractivity contribution < 1.29 is 9.59 Å². The van der Waals surface area contributed by atoms with Crippen LogP contribution in [0.25, 0.3) is 0 Å². The molecule has 1 atom stereocenters. The Labute approximate surface area is 198 Å². The second-order valence-electron chi connectivity index (χ2n) is 10.2. The van der Waals surface area contributed by atoms with Gasteiger partial charge in [-0.3, -0.25) is 14.5 Å². The minimum atomic E-state index is -0.420. The van der Waals surface area contributed by atoms with Crippen LogP contribution in [-0.2, 0) is 29.1 Å². The van der Waals surface area contributed by atoms with Crippen molar-refractivity contribution in [3.63, 3.8) is 0 Å². The summed E-state index contributed by atoms with van der Waals surface area (Å²) in [4.78, 5) is 30.6. The van der Waals surface area contributed by atoms with Crippen LogP contribution in [0, 0.1) is 12.8 Å². The molecule has 0 aromatic heterocycles. The quantitative estimate of drug-likeness (QED) is 0.726. The van der Waals surface area contributed by atoms with Crippen LogP contribution < -0.4 is 5.32 Å². The van der Waals surface area contributed by atoms with Crippen molar-refractivity contribution >= 4 is 11.8 Å². The highest BCUT2D eigenvalue weighted by Gasteiger charge is 2.35. The van der Waals surface area contributed by atoms with E-state index in [0.29, 0.717) is 19.4 Å². The number of carbonyl (C=O) groups excluding carboxylic acids is 2. The van der Waals surface area contributed by atoms with Crippen LogP contribution in [0.15, 0.2) is 48.5 Å². The van der Waals surface area contributed by atoms with Crippen LogP contribution in [0.5, 0.6) is 0 Å². The normalized spacial score (nSPS) is 19.4. The van der Waals surface area contributed by atoms with Crippen molar-refractivity contribution in [3.8, 4) is 0 Å². The van der Waals surface area contributed by atoms with Gasteiger partial charge in [-0.25, -0.2) is 0 Å². The smallest absolute Gasteiger partial charge is 0.243 e. The number of nitrogens with one attached hydrogen (secondary N) is 1. The number of hydrogen-bond donors (Lipinski definition) is 1. The minimum absolute atomic E-state index is 0.00116. The molecule has 2 aliphatic heterocycles. The molecule has 0 aliphatic carbocycles. The number of aryl methyl sites for hydroxylation is 1. The van der Waals surface area contributed by atoms with Gasteiger partial charge in [-0.1, -0.05) is 67.9 Å². The summed E-state index contributed by atoms with van der Waals surface area (Å²) >= 11 is 0. The van der Waals surface area contributed by atoms with Crippen molar-refractivity contribution in [1.82, 2.24) is 15.1 Å². The summed E-state index contributed by atoms with van der Waals surface area (Å²) < 4.78 is 0. The van der Waals surface area contributed by atoms with Crippen LogP contribution in [0.3, 0.4) is 0 Å². The van der Waals surface area contributed by atoms with Gasteiger partial charge in [0.2, 0.25) is 11.8 Å². The molecule has 1 N–H and O–H groups in total. The Morgan fingerprint density at radius 1 is 1.03 bits per heavy atom. The zero-order chi connectivity index (χ0) is 23.4. The molecular weight excluding hydrogens is 410 g/mol. The zero-order valence-electron chi connectivity index (χ0n) is 20.2. The fourth-order valence-electron chi connectivity index (χ4n) is 5.09. The third-order valence-corrected chi connectivity index (χ3v) is 6.88. The molecule has 5 heteroatoms. The Morgan fingerprint density at radius 3 is 2.45 bits per heavy atom. The van der Waals surface area contributed by atoms with Crippen LogP contribution in [0.4, 0.5) is 0 Å². The molecule has 0 spiro atoms. The summed E-state index contributed by atoms with van der Waals surface area (Å²) in [6, 6.07) is 16.6. The van der Waals surface area contributed by atoms with Gasteiger partial charge in [-0.15, -0.1) is 0 Å². The Hall–Kier alpha value is -2.66. The van der Waals surface area contributed by atoms with Crippen LogP contribution in [0.2, 0.25) is 0 Å². The van der Waals surface area contributed by atoms with Crippen molar-refractivity contribution in [2.45, 2.75) is 71.6 Å². The molecule has 33 heavy (non-hydrogen) atoms. The lowest BCUT2D eigenvalue weighted by Gasteiger charge is -2.38. The molecule has 2 heterocycles. The molecule has 1 fully saturated rings. The van der Waals surface area contributed by atoms with E-state index in [1.54, 1.807) is 0 Å². The lowest BCUT2D eigenvalue weighted by Crippen LogP contribution is -2.55. The maximum absolute atomic E-state index is 13.4. The zero-order valence-corrected chi connectivity index (χ0v) is 20.2. The lowest BCUT2D eigenvalue weighted by atomic mass is 9.92. The number of piperidine rings is 1. The summed E-state index contributed by atoms with van der Waals surface area (Å²) in [5.74, 6) is 0.350. The Kier molecular flexibility index (Phi) is 7.49. The van der Waals surface area contributed by atoms with Gasteiger partial charge in [-0.2, -0.15) is 0 Å². The third kappa shape index (κ3) is 6.02. The van der Waals surface area contributed by atoms with E-state index in [1.165, 1.54) is 16.7 Å². The van der Waals surface area contributed by atoms with E-state index in [1.807, 2.05) is 17.0 Å². The molecule has 2 amide bonds. The van der Waals surface area contributed by atoms with E-state index in [4.69, 9.17) is 0 Å². The molecule has 2 aromatic carbocycles. The van der Waals surface area contributed by atoms with Gasteiger partial charge < -0.3 is 10.2 Å². The number of carbonyl (C=O) groups is 2. The molecule has 2 aromatic rings. The fourth-order valence-corrected chi connectivity index (χ4v) is 5.09. The fraction of sp³-hybridized carbons (Fsp3) is 0.500. The maximum Gasteiger partial charge on any atom is 0.243 e. The van der Waals surface area contributed by atoms with Crippen LogP contribution in [-0.4, -0.2) is 46.8 Å². The van der Waals surface area contributed by atoms with E-state index < -0.39 is 6.04 Å². The van der Waals surface area contributed by atoms with Gasteiger partial charge in [-0.05, 0) is 42.4 Å². The van der Waals surface area contributed by atoms with Gasteiger partial charge in [0.15, 0.2) is 0 Å². The van der Waals surface area contributed by atoms with E-state index in [0.717, 1.165) is 38.0 Å². The number of amides is 2. The van der Waals surface area contributed by atoms with Crippen molar-refractivity contribution in [2.24, 2.45) is 5.92 Å². The van der Waals surface area contributed by atoms with E-state index in [2.05, 4.69) is 67.4 Å². The minimum Gasteiger partial charge on any atom is -0.351 e. The highest BCUT2D eigenvalue weighted by molar-refractivity contribution is 5.88. The largest absolute Gasteiger partial charge is 0.351 e. The first-order valence-corrected chi connectivity index (χ1v) is 12.3. The van der Waals surface area contributed by atoms with Crippen LogP contribution >= 0.6 is 0 Å². The third-order valence-electron chi connectivity index (χ3n) is 6.88. The number of benzene rings is 2. The highest BCUT2D eigenvalue weighted by Crippen LogP contribution is 2.25. The standard InChI is InChI=1S/C28H37N3O2/c1-20(2)15-27(32)31-19-24-10-5-4-9-23(24)17-26(31)28(33)29-25-11-13-30(14-12-25)18-22-8-6-7-21(3)16-22/h4-10,16,20,25-26H,11-15,17-19H2,1-3H3,(H,29,33). The molecule has 5 nitrogen and oxygen atoms in total. The molecule has 0 radical (unpaired) electrons. The van der Waals surface area contributed by atoms with E-state index >= 15 is 0 Å². The van der Waals surface area contributed by atoms with Gasteiger partial charge in [0.05, 0.1) is 0 Å². The number of nitrogens with zero attached hydrogens (tertiary/aromatic N) is 2. The summed E-state index contributed by atoms with van der Waals surface area (Å²) in [5, 5.41) is 3.29. The Morgan fingerprint density at radius 2 is 1.76 bits per heavy atom. The van der Waals surface area contributed by atoms with Crippen LogP contribution in [0.1, 0.15) is 55.4 Å². The number of fused-ring (bicyclic) bond motifs is 1. The molecule has 0 saturated carbocycles. The molecule has 0 bridgehead atoms. The topological polar surface area (TPSA) is 52.7 Å². The molecular formula is C28H37N3O2. The first kappa shape index (κ1) is 23.5. The number of rotatable bonds is 6. The summed E-state index contributed by atoms with van der Waals surface area (Å²) in [6.45, 7) is 9.66. The highest BCUT2D eigenvalue weighted by atomic mass is 16.2. The van der Waals surface area contributed by atoms with Crippen molar-refractivity contribution in [3.05, 3.63) is 70.8 Å². The summed E-state index contributed by atoms with van der Waals surface area (Å²) in [7, 11) is 0. The average Bonchev–Trinajstić information content (AvgIpc) is 2.79. The molecule has 1 unspecified atom stereocenters. The van der Waals surface area contributed by atoms with E-state index in [9.17, 15) is 9.59 Å². The summed E-state index contributed by atoms with van der Waals surface area (Å²) in [6.07, 6.45) is 2.96. The number of likely N-dealkylation sites (tertiary alicyclic amines) is 1. The van der Waals surface area contributed by atoms with Gasteiger partial charge >= 0.3 is 0 Å². The predicted molar refractivity (Wildman–Crippen MR) is 132 cm³/mol. The summed E-state index contributed by atoms with van der Waals surface area (Å²) in [5.41, 5.74) is 4.97. The number of hydrogen-bond acceptors (Lipinski definition) is 3. The van der Waals surface area contributed by atoms with Gasteiger partial charge in [0.25, 0.3) is 0 Å². The maximum atomic E-state index is 13.4. The molecule has 176 valence electrons. The second kappa shape index (κ2) is 10.5. The first-order chi connectivity index (χ1) is 15.9. The molecule has 2 aliphatic rings. The van der Waals surface area contributed by atoms with Crippen molar-refractivity contribution in [2.75, 3.05) is 13.1 Å². The molecule has 4 rings (SSSR count). The van der Waals surface area contributed by atoms with Crippen molar-refractivity contribution in [1.29, 1.82) is 0 Å².